The fourth-order valence-corrected chi connectivity index (χ4v) is 4.42. The largest absolute Gasteiger partial charge is 0.452 e. The number of rotatable bonds is 15. The number of carbonyl (C=O) groups is 3. The van der Waals surface area contributed by atoms with E-state index < -0.39 is 66.9 Å². The molecular weight excluding hydrogens is 590 g/mol. The Morgan fingerprint density at radius 3 is 1.68 bits per heavy atom. The molecule has 0 radical (unpaired) electrons. The van der Waals surface area contributed by atoms with Gasteiger partial charge in [0.1, 0.15) is 12.2 Å². The van der Waals surface area contributed by atoms with Gasteiger partial charge in [-0.1, -0.05) is 97.9 Å². The predicted molar refractivity (Wildman–Crippen MR) is 165 cm³/mol. The highest BCUT2D eigenvalue weighted by atomic mass is 35.5. The first kappa shape index (κ1) is 36.4. The van der Waals surface area contributed by atoms with Gasteiger partial charge < -0.3 is 41.5 Å². The zero-order valence-corrected chi connectivity index (χ0v) is 25.0. The van der Waals surface area contributed by atoms with E-state index in [1.54, 1.807) is 37.3 Å². The van der Waals surface area contributed by atoms with Gasteiger partial charge in [-0.05, 0) is 23.1 Å². The van der Waals surface area contributed by atoms with Gasteiger partial charge in [-0.2, -0.15) is 0 Å². The number of carbonyl (C=O) groups excluding carboxylic acids is 3. The second kappa shape index (κ2) is 18.1. The van der Waals surface area contributed by atoms with Gasteiger partial charge in [-0.15, -0.1) is 12.4 Å². The van der Waals surface area contributed by atoms with Gasteiger partial charge in [0.15, 0.2) is 12.2 Å². The van der Waals surface area contributed by atoms with Crippen LogP contribution in [0, 0.1) is 0 Å². The molecule has 0 aliphatic carbocycles. The Morgan fingerprint density at radius 1 is 0.750 bits per heavy atom. The molecule has 0 heterocycles. The summed E-state index contributed by atoms with van der Waals surface area (Å²) in [6.45, 7) is 0.872. The van der Waals surface area contributed by atoms with Crippen molar-refractivity contribution in [1.82, 2.24) is 10.6 Å². The van der Waals surface area contributed by atoms with Crippen LogP contribution in [0.1, 0.15) is 48.6 Å². The Labute approximate surface area is 262 Å². The Bertz CT molecular complexity index is 1260. The third-order valence-corrected chi connectivity index (χ3v) is 7.00. The van der Waals surface area contributed by atoms with Crippen molar-refractivity contribution in [3.05, 3.63) is 108 Å². The number of esters is 1. The third kappa shape index (κ3) is 10.1. The molecule has 0 aliphatic rings. The minimum atomic E-state index is -2.18. The van der Waals surface area contributed by atoms with Crippen LogP contribution in [-0.2, 0) is 19.1 Å². The van der Waals surface area contributed by atoms with Crippen molar-refractivity contribution < 1.29 is 39.5 Å². The van der Waals surface area contributed by atoms with Crippen LogP contribution in [0.2, 0.25) is 0 Å². The number of nitrogens with one attached hydrogen (secondary N) is 2. The molecular formula is C32H40ClN3O8. The summed E-state index contributed by atoms with van der Waals surface area (Å²) < 4.78 is 5.89. The average Bonchev–Trinajstić information content (AvgIpc) is 3.05. The van der Waals surface area contributed by atoms with Gasteiger partial charge in [-0.25, -0.2) is 0 Å². The quantitative estimate of drug-likeness (QED) is 0.121. The minimum Gasteiger partial charge on any atom is -0.452 e. The predicted octanol–water partition coefficient (Wildman–Crippen LogP) is 1.29. The summed E-state index contributed by atoms with van der Waals surface area (Å²) in [5, 5.41) is 46.2. The molecule has 2 amide bonds. The van der Waals surface area contributed by atoms with E-state index in [1.165, 1.54) is 0 Å². The number of nitrogens with two attached hydrogens (primary N) is 1. The normalized spacial score (nSPS) is 15.1. The molecule has 44 heavy (non-hydrogen) atoms. The molecule has 8 N–H and O–H groups in total. The van der Waals surface area contributed by atoms with Crippen LogP contribution in [0.15, 0.2) is 91.0 Å². The zero-order valence-electron chi connectivity index (χ0n) is 24.2. The lowest BCUT2D eigenvalue weighted by Crippen LogP contribution is -2.58. The van der Waals surface area contributed by atoms with Gasteiger partial charge in [-0.3, -0.25) is 14.4 Å². The van der Waals surface area contributed by atoms with Crippen molar-refractivity contribution in [2.75, 3.05) is 6.61 Å². The summed E-state index contributed by atoms with van der Waals surface area (Å²) in [4.78, 5) is 38.4. The highest BCUT2D eigenvalue weighted by molar-refractivity contribution is 5.85. The van der Waals surface area contributed by atoms with E-state index in [0.717, 1.165) is 11.1 Å². The highest BCUT2D eigenvalue weighted by Gasteiger charge is 2.37. The third-order valence-electron chi connectivity index (χ3n) is 7.00. The first-order chi connectivity index (χ1) is 20.7. The number of hydrogen-bond donors (Lipinski definition) is 7. The smallest absolute Gasteiger partial charge is 0.309 e. The molecule has 238 valence electrons. The van der Waals surface area contributed by atoms with E-state index in [0.29, 0.717) is 5.56 Å². The maximum atomic E-state index is 13.3. The lowest BCUT2D eigenvalue weighted by atomic mass is 9.98. The number of aliphatic hydroxyl groups excluding tert-OH is 4. The lowest BCUT2D eigenvalue weighted by Gasteiger charge is -2.30. The van der Waals surface area contributed by atoms with Gasteiger partial charge in [0.05, 0.1) is 31.2 Å². The molecule has 0 aromatic heterocycles. The number of halogens is 1. The summed E-state index contributed by atoms with van der Waals surface area (Å²) in [5.41, 5.74) is 7.69. The van der Waals surface area contributed by atoms with Gasteiger partial charge in [0.2, 0.25) is 5.91 Å². The summed E-state index contributed by atoms with van der Waals surface area (Å²) in [6.07, 6.45) is -6.94. The van der Waals surface area contributed by atoms with Crippen LogP contribution in [0.5, 0.6) is 0 Å². The fraction of sp³-hybridized carbons (Fsp3) is 0.344. The van der Waals surface area contributed by atoms with E-state index in [1.807, 2.05) is 60.7 Å². The molecule has 0 bridgehead atoms. The summed E-state index contributed by atoms with van der Waals surface area (Å²) in [5.74, 6) is -2.42. The monoisotopic (exact) mass is 629 g/mol. The van der Waals surface area contributed by atoms with Gasteiger partial charge >= 0.3 is 5.97 Å². The van der Waals surface area contributed by atoms with Crippen LogP contribution in [0.3, 0.4) is 0 Å². The molecule has 0 fully saturated rings. The van der Waals surface area contributed by atoms with Crippen LogP contribution < -0.4 is 16.4 Å². The molecule has 0 saturated carbocycles. The number of benzene rings is 3. The fourth-order valence-electron chi connectivity index (χ4n) is 4.42. The van der Waals surface area contributed by atoms with Gasteiger partial charge in [0.25, 0.3) is 5.91 Å². The highest BCUT2D eigenvalue weighted by Crippen LogP contribution is 2.28. The van der Waals surface area contributed by atoms with Crippen LogP contribution >= 0.6 is 12.4 Å². The van der Waals surface area contributed by atoms with Gasteiger partial charge in [0, 0.05) is 0 Å². The molecule has 2 unspecified atom stereocenters. The van der Waals surface area contributed by atoms with Crippen molar-refractivity contribution in [1.29, 1.82) is 0 Å². The molecule has 12 heteroatoms. The molecule has 0 aliphatic heterocycles. The van der Waals surface area contributed by atoms with E-state index in [-0.39, 0.29) is 25.2 Å². The van der Waals surface area contributed by atoms with Crippen LogP contribution in [-0.4, -0.2) is 75.2 Å². The van der Waals surface area contributed by atoms with Crippen molar-refractivity contribution in [3.8, 4) is 0 Å². The van der Waals surface area contributed by atoms with Crippen molar-refractivity contribution in [3.63, 3.8) is 0 Å². The molecule has 6 atom stereocenters. The second-order valence-corrected chi connectivity index (χ2v) is 10.1. The van der Waals surface area contributed by atoms with E-state index in [2.05, 4.69) is 10.6 Å². The first-order valence-corrected chi connectivity index (χ1v) is 14.0. The molecule has 3 aromatic carbocycles. The molecule has 3 aromatic rings. The zero-order chi connectivity index (χ0) is 31.4. The first-order valence-electron chi connectivity index (χ1n) is 14.0. The summed E-state index contributed by atoms with van der Waals surface area (Å²) in [6, 6.07) is 23.6. The van der Waals surface area contributed by atoms with Crippen LogP contribution in [0.25, 0.3) is 0 Å². The molecule has 3 rings (SSSR count). The maximum Gasteiger partial charge on any atom is 0.309 e. The Kier molecular flexibility index (Phi) is 14.9. The minimum absolute atomic E-state index is 0. The Morgan fingerprint density at radius 2 is 1.23 bits per heavy atom. The van der Waals surface area contributed by atoms with E-state index in [9.17, 15) is 34.8 Å². The van der Waals surface area contributed by atoms with Crippen molar-refractivity contribution >= 4 is 30.2 Å². The number of amides is 2. The number of ether oxygens (including phenoxy) is 1. The van der Waals surface area contributed by atoms with Crippen molar-refractivity contribution in [2.24, 2.45) is 5.73 Å². The van der Waals surface area contributed by atoms with Crippen molar-refractivity contribution in [2.45, 2.75) is 62.3 Å². The lowest BCUT2D eigenvalue weighted by molar-refractivity contribution is -0.149. The number of hydrogen-bond acceptors (Lipinski definition) is 9. The molecule has 0 saturated heterocycles. The van der Waals surface area contributed by atoms with Crippen LogP contribution in [0.4, 0.5) is 0 Å². The van der Waals surface area contributed by atoms with E-state index >= 15 is 0 Å². The summed E-state index contributed by atoms with van der Waals surface area (Å²) >= 11 is 0. The summed E-state index contributed by atoms with van der Waals surface area (Å²) in [7, 11) is 0. The Hall–Kier alpha value is -3.84. The molecule has 0 spiro atoms. The Balaban J connectivity index is 0.00000675. The maximum absolute atomic E-state index is 13.3. The standard InChI is InChI=1S/C32H39N3O8.ClH/c1-2-23(33)31(41)35-25(19-36)27(38)28(39)29(40)32(42)34-24(20-12-6-3-7-13-20)18-26(37)43-30(21-14-8-4-9-15-21)22-16-10-5-11-17-22;/h3-17,23-25,27-30,36,38-40H,2,18-19,33H2,1H3,(H,34,42)(H,35,41);1H/t23?,24?,25-,27+,28+,29-;/m0./s1. The average molecular weight is 630 g/mol. The number of aliphatic hydroxyl groups is 4. The topological polar surface area (TPSA) is 191 Å². The second-order valence-electron chi connectivity index (χ2n) is 10.1. The SMILES string of the molecule is CCC(N)C(=O)N[C@@H](CO)[C@@H](O)[C@@H](O)[C@H](O)C(=O)NC(CC(=O)OC(c1ccccc1)c1ccccc1)c1ccccc1.Cl. The van der Waals surface area contributed by atoms with E-state index in [4.69, 9.17) is 10.5 Å². The molecule has 11 nitrogen and oxygen atoms in total.